The number of imidazole rings is 1. The van der Waals surface area contributed by atoms with Gasteiger partial charge in [-0.2, -0.15) is 0 Å². The first-order valence-electron chi connectivity index (χ1n) is 7.60. The number of methoxy groups -OCH3 is 1. The van der Waals surface area contributed by atoms with Crippen LogP contribution < -0.4 is 10.1 Å². The summed E-state index contributed by atoms with van der Waals surface area (Å²) in [5.74, 6) is 2.12. The Balaban J connectivity index is 1.62. The largest absolute Gasteiger partial charge is 0.481 e. The van der Waals surface area contributed by atoms with E-state index in [9.17, 15) is 4.39 Å². The molecule has 0 radical (unpaired) electrons. The van der Waals surface area contributed by atoms with Gasteiger partial charge in [0.15, 0.2) is 0 Å². The van der Waals surface area contributed by atoms with Crippen molar-refractivity contribution in [3.63, 3.8) is 0 Å². The topological polar surface area (TPSA) is 68.1 Å². The van der Waals surface area contributed by atoms with Crippen molar-refractivity contribution in [1.29, 1.82) is 0 Å². The van der Waals surface area contributed by atoms with Gasteiger partial charge in [-0.15, -0.1) is 0 Å². The minimum absolute atomic E-state index is 0.0997. The van der Waals surface area contributed by atoms with Crippen molar-refractivity contribution in [3.8, 4) is 5.88 Å². The summed E-state index contributed by atoms with van der Waals surface area (Å²) in [5, 5.41) is 3.24. The predicted octanol–water partition coefficient (Wildman–Crippen LogP) is 1.24. The predicted molar refractivity (Wildman–Crippen MR) is 84.0 cm³/mol. The van der Waals surface area contributed by atoms with Crippen LogP contribution in [0.2, 0.25) is 0 Å². The highest BCUT2D eigenvalue weighted by atomic mass is 19.1. The van der Waals surface area contributed by atoms with Gasteiger partial charge in [-0.25, -0.2) is 19.3 Å². The summed E-state index contributed by atoms with van der Waals surface area (Å²) in [6, 6.07) is 1.83. The third-order valence-electron chi connectivity index (χ3n) is 4.11. The van der Waals surface area contributed by atoms with Crippen molar-refractivity contribution < 1.29 is 9.13 Å². The summed E-state index contributed by atoms with van der Waals surface area (Å²) in [6.07, 6.45) is 4.82. The summed E-state index contributed by atoms with van der Waals surface area (Å²) in [7, 11) is 3.51. The molecule has 3 rings (SSSR count). The smallest absolute Gasteiger partial charge is 0.218 e. The van der Waals surface area contributed by atoms with Crippen LogP contribution in [0.25, 0.3) is 0 Å². The van der Waals surface area contributed by atoms with Crippen LogP contribution in [0.15, 0.2) is 24.8 Å². The highest BCUT2D eigenvalue weighted by Gasteiger charge is 2.32. The second kappa shape index (κ2) is 6.91. The van der Waals surface area contributed by atoms with Crippen LogP contribution in [0.5, 0.6) is 5.88 Å². The monoisotopic (exact) mass is 320 g/mol. The summed E-state index contributed by atoms with van der Waals surface area (Å²) in [6.45, 7) is 1.70. The first kappa shape index (κ1) is 15.7. The van der Waals surface area contributed by atoms with Crippen LogP contribution in [-0.4, -0.2) is 56.8 Å². The van der Waals surface area contributed by atoms with Crippen LogP contribution >= 0.6 is 0 Å². The molecule has 0 spiro atoms. The maximum absolute atomic E-state index is 13.9. The molecule has 23 heavy (non-hydrogen) atoms. The fourth-order valence-corrected chi connectivity index (χ4v) is 2.83. The van der Waals surface area contributed by atoms with Crippen LogP contribution in [-0.2, 0) is 13.6 Å². The van der Waals surface area contributed by atoms with Crippen LogP contribution in [0.4, 0.5) is 10.2 Å². The normalized spacial score (nSPS) is 21.5. The Hall–Kier alpha value is -2.22. The van der Waals surface area contributed by atoms with Crippen molar-refractivity contribution in [2.45, 2.75) is 25.2 Å². The molecule has 0 bridgehead atoms. The van der Waals surface area contributed by atoms with Crippen LogP contribution in [0, 0.1) is 0 Å². The van der Waals surface area contributed by atoms with Crippen molar-refractivity contribution in [2.75, 3.05) is 25.5 Å². The molecule has 124 valence electrons. The van der Waals surface area contributed by atoms with E-state index in [2.05, 4.69) is 25.2 Å². The van der Waals surface area contributed by atoms with Gasteiger partial charge in [0.1, 0.15) is 24.1 Å². The van der Waals surface area contributed by atoms with E-state index in [1.54, 1.807) is 19.4 Å². The lowest BCUT2D eigenvalue weighted by molar-refractivity contribution is 0.233. The number of alkyl halides is 1. The van der Waals surface area contributed by atoms with Gasteiger partial charge in [-0.3, -0.25) is 4.90 Å². The minimum atomic E-state index is -0.804. The Morgan fingerprint density at radius 3 is 3.00 bits per heavy atom. The van der Waals surface area contributed by atoms with Gasteiger partial charge in [0.05, 0.1) is 13.7 Å². The van der Waals surface area contributed by atoms with E-state index in [0.717, 1.165) is 5.82 Å². The Bertz CT molecular complexity index is 648. The standard InChI is InChI=1S/C15H21FN6O/c1-21-4-3-17-14(21)9-22-8-11(16)5-12(22)7-18-13-6-15(23-2)20-10-19-13/h3-4,6,10-12H,5,7-9H2,1-2H3,(H,18,19,20)/t11-,12-/m0/s1. The molecule has 0 amide bonds. The summed E-state index contributed by atoms with van der Waals surface area (Å²) in [5.41, 5.74) is 0. The molecular formula is C15H21FN6O. The van der Waals surface area contributed by atoms with Crippen molar-refractivity contribution in [3.05, 3.63) is 30.6 Å². The van der Waals surface area contributed by atoms with Crippen molar-refractivity contribution >= 4 is 5.82 Å². The molecule has 7 nitrogen and oxygen atoms in total. The van der Waals surface area contributed by atoms with Gasteiger partial charge in [0.25, 0.3) is 0 Å². The Labute approximate surface area is 134 Å². The van der Waals surface area contributed by atoms with Crippen molar-refractivity contribution in [2.24, 2.45) is 7.05 Å². The highest BCUT2D eigenvalue weighted by Crippen LogP contribution is 2.23. The van der Waals surface area contributed by atoms with E-state index in [1.807, 2.05) is 17.8 Å². The quantitative estimate of drug-likeness (QED) is 0.864. The molecule has 3 heterocycles. The van der Waals surface area contributed by atoms with Crippen LogP contribution in [0.3, 0.4) is 0 Å². The molecule has 1 N–H and O–H groups in total. The molecular weight excluding hydrogens is 299 g/mol. The van der Waals surface area contributed by atoms with E-state index < -0.39 is 6.17 Å². The molecule has 1 aliphatic rings. The number of hydrogen-bond donors (Lipinski definition) is 1. The average molecular weight is 320 g/mol. The molecule has 2 aromatic heterocycles. The van der Waals surface area contributed by atoms with E-state index in [0.29, 0.717) is 37.8 Å². The lowest BCUT2D eigenvalue weighted by atomic mass is 10.2. The Kier molecular flexibility index (Phi) is 4.71. The van der Waals surface area contributed by atoms with Gasteiger partial charge in [0.2, 0.25) is 5.88 Å². The second-order valence-electron chi connectivity index (χ2n) is 5.70. The molecule has 8 heteroatoms. The van der Waals surface area contributed by atoms with Gasteiger partial charge in [-0.1, -0.05) is 0 Å². The molecule has 0 aliphatic carbocycles. The molecule has 1 saturated heterocycles. The maximum Gasteiger partial charge on any atom is 0.218 e. The van der Waals surface area contributed by atoms with Gasteiger partial charge < -0.3 is 14.6 Å². The summed E-state index contributed by atoms with van der Waals surface area (Å²) >= 11 is 0. The van der Waals surface area contributed by atoms with E-state index in [1.165, 1.54) is 6.33 Å². The third kappa shape index (κ3) is 3.76. The number of likely N-dealkylation sites (tertiary alicyclic amines) is 1. The Morgan fingerprint density at radius 1 is 1.39 bits per heavy atom. The number of rotatable bonds is 6. The number of aryl methyl sites for hydroxylation is 1. The highest BCUT2D eigenvalue weighted by molar-refractivity contribution is 5.37. The number of ether oxygens (including phenoxy) is 1. The summed E-state index contributed by atoms with van der Waals surface area (Å²) in [4.78, 5) is 14.6. The van der Waals surface area contributed by atoms with Gasteiger partial charge >= 0.3 is 0 Å². The summed E-state index contributed by atoms with van der Waals surface area (Å²) < 4.78 is 20.9. The lowest BCUT2D eigenvalue weighted by Crippen LogP contribution is -2.35. The zero-order valence-corrected chi connectivity index (χ0v) is 13.3. The fourth-order valence-electron chi connectivity index (χ4n) is 2.83. The average Bonchev–Trinajstić information content (AvgIpc) is 3.12. The minimum Gasteiger partial charge on any atom is -0.481 e. The number of aromatic nitrogens is 4. The molecule has 2 aromatic rings. The molecule has 1 aliphatic heterocycles. The molecule has 0 saturated carbocycles. The molecule has 1 fully saturated rings. The number of nitrogens with zero attached hydrogens (tertiary/aromatic N) is 5. The number of anilines is 1. The number of halogens is 1. The van der Waals surface area contributed by atoms with Crippen LogP contribution in [0.1, 0.15) is 12.2 Å². The van der Waals surface area contributed by atoms with Crippen molar-refractivity contribution in [1.82, 2.24) is 24.4 Å². The second-order valence-corrected chi connectivity index (χ2v) is 5.70. The number of hydrogen-bond acceptors (Lipinski definition) is 6. The van der Waals surface area contributed by atoms with E-state index >= 15 is 0 Å². The number of nitrogens with one attached hydrogen (secondary N) is 1. The fraction of sp³-hybridized carbons (Fsp3) is 0.533. The molecule has 0 aromatic carbocycles. The zero-order chi connectivity index (χ0) is 16.2. The molecule has 2 atom stereocenters. The van der Waals surface area contributed by atoms with Gasteiger partial charge in [0, 0.05) is 44.6 Å². The lowest BCUT2D eigenvalue weighted by Gasteiger charge is -2.24. The third-order valence-corrected chi connectivity index (χ3v) is 4.11. The first-order valence-corrected chi connectivity index (χ1v) is 7.60. The van der Waals surface area contributed by atoms with Gasteiger partial charge in [-0.05, 0) is 6.42 Å². The maximum atomic E-state index is 13.9. The molecule has 0 unspecified atom stereocenters. The van der Waals surface area contributed by atoms with E-state index in [4.69, 9.17) is 4.74 Å². The first-order chi connectivity index (χ1) is 11.2. The SMILES string of the molecule is COc1cc(NC[C@@H]2C[C@H](F)CN2Cc2nccn2C)ncn1. The Morgan fingerprint density at radius 2 is 2.26 bits per heavy atom. The zero-order valence-electron chi connectivity index (χ0n) is 13.3. The van der Waals surface area contributed by atoms with E-state index in [-0.39, 0.29) is 6.04 Å².